The van der Waals surface area contributed by atoms with Crippen LogP contribution in [0.2, 0.25) is 0 Å². The maximum atomic E-state index is 12.3. The predicted molar refractivity (Wildman–Crippen MR) is 78.9 cm³/mol. The fourth-order valence-electron chi connectivity index (χ4n) is 1.63. The van der Waals surface area contributed by atoms with Crippen LogP contribution in [0, 0.1) is 0 Å². The summed E-state index contributed by atoms with van der Waals surface area (Å²) < 4.78 is 27.1. The van der Waals surface area contributed by atoms with Crippen LogP contribution >= 0.6 is 11.3 Å². The molecule has 0 aliphatic rings. The van der Waals surface area contributed by atoms with Crippen molar-refractivity contribution in [1.82, 2.24) is 20.0 Å². The van der Waals surface area contributed by atoms with Gasteiger partial charge in [-0.1, -0.05) is 13.8 Å². The second kappa shape index (κ2) is 6.49. The third kappa shape index (κ3) is 3.89. The van der Waals surface area contributed by atoms with Crippen LogP contribution in [0.25, 0.3) is 0 Å². The fourth-order valence-corrected chi connectivity index (χ4v) is 4.02. The fraction of sp³-hybridized carbons (Fsp3) is 0.417. The van der Waals surface area contributed by atoms with Crippen LogP contribution in [0.5, 0.6) is 0 Å². The zero-order chi connectivity index (χ0) is 14.6. The standard InChI is InChI=1S/C12H18N4O2S2/c1-9(2)14-7-11-12(3-4-19-11)20(17,18)16-6-10-5-13-8-15-10/h3-5,8-9,14,16H,6-7H2,1-2H3,(H,13,15). The van der Waals surface area contributed by atoms with Crippen molar-refractivity contribution in [3.05, 3.63) is 34.5 Å². The van der Waals surface area contributed by atoms with Gasteiger partial charge in [0.2, 0.25) is 10.0 Å². The number of imidazole rings is 1. The zero-order valence-corrected chi connectivity index (χ0v) is 13.0. The molecule has 0 unspecified atom stereocenters. The van der Waals surface area contributed by atoms with Crippen molar-refractivity contribution >= 4 is 21.4 Å². The van der Waals surface area contributed by atoms with Gasteiger partial charge in [-0.05, 0) is 11.4 Å². The molecule has 8 heteroatoms. The molecule has 2 heterocycles. The molecule has 0 spiro atoms. The first-order valence-electron chi connectivity index (χ1n) is 6.25. The molecule has 0 radical (unpaired) electrons. The Kier molecular flexibility index (Phi) is 4.92. The summed E-state index contributed by atoms with van der Waals surface area (Å²) in [5.74, 6) is 0. The van der Waals surface area contributed by atoms with E-state index >= 15 is 0 Å². The molecule has 110 valence electrons. The van der Waals surface area contributed by atoms with Gasteiger partial charge in [0, 0.05) is 29.4 Å². The van der Waals surface area contributed by atoms with E-state index in [1.165, 1.54) is 17.7 Å². The van der Waals surface area contributed by atoms with E-state index in [0.717, 1.165) is 10.6 Å². The Hall–Kier alpha value is -1.22. The lowest BCUT2D eigenvalue weighted by molar-refractivity contribution is 0.571. The summed E-state index contributed by atoms with van der Waals surface area (Å²) in [6, 6.07) is 1.95. The van der Waals surface area contributed by atoms with Crippen molar-refractivity contribution in [3.8, 4) is 0 Å². The molecule has 2 aromatic heterocycles. The second-order valence-corrected chi connectivity index (χ2v) is 7.38. The summed E-state index contributed by atoms with van der Waals surface area (Å²) in [5, 5.41) is 5.03. The number of thiophene rings is 1. The van der Waals surface area contributed by atoms with Gasteiger partial charge in [-0.2, -0.15) is 0 Å². The molecule has 2 aromatic rings. The van der Waals surface area contributed by atoms with Crippen molar-refractivity contribution in [2.75, 3.05) is 0 Å². The van der Waals surface area contributed by atoms with Gasteiger partial charge in [0.05, 0.1) is 17.8 Å². The number of aromatic nitrogens is 2. The molecular formula is C12H18N4O2S2. The van der Waals surface area contributed by atoms with Gasteiger partial charge in [0.1, 0.15) is 0 Å². The molecule has 0 aromatic carbocycles. The molecular weight excluding hydrogens is 296 g/mol. The van der Waals surface area contributed by atoms with Crippen LogP contribution in [-0.2, 0) is 23.1 Å². The number of rotatable bonds is 7. The number of nitrogens with one attached hydrogen (secondary N) is 3. The predicted octanol–water partition coefficient (Wildman–Crippen LogP) is 1.45. The van der Waals surface area contributed by atoms with Gasteiger partial charge in [0.15, 0.2) is 0 Å². The maximum Gasteiger partial charge on any atom is 0.242 e. The number of H-pyrrole nitrogens is 1. The SMILES string of the molecule is CC(C)NCc1sccc1S(=O)(=O)NCc1cnc[nH]1. The lowest BCUT2D eigenvalue weighted by Gasteiger charge is -2.09. The summed E-state index contributed by atoms with van der Waals surface area (Å²) in [6.45, 7) is 4.81. The molecule has 6 nitrogen and oxygen atoms in total. The van der Waals surface area contributed by atoms with Crippen LogP contribution in [0.1, 0.15) is 24.4 Å². The average Bonchev–Trinajstić information content (AvgIpc) is 3.05. The Balaban J connectivity index is 2.07. The van der Waals surface area contributed by atoms with Crippen LogP contribution in [0.3, 0.4) is 0 Å². The first-order valence-corrected chi connectivity index (χ1v) is 8.62. The van der Waals surface area contributed by atoms with E-state index in [4.69, 9.17) is 0 Å². The first kappa shape index (κ1) is 15.2. The maximum absolute atomic E-state index is 12.3. The summed E-state index contributed by atoms with van der Waals surface area (Å²) in [7, 11) is -3.50. The molecule has 0 saturated heterocycles. The molecule has 0 fully saturated rings. The molecule has 0 atom stereocenters. The van der Waals surface area contributed by atoms with E-state index in [1.807, 2.05) is 13.8 Å². The third-order valence-corrected chi connectivity index (χ3v) is 5.21. The molecule has 0 aliphatic heterocycles. The molecule has 0 bridgehead atoms. The monoisotopic (exact) mass is 314 g/mol. The highest BCUT2D eigenvalue weighted by Gasteiger charge is 2.19. The van der Waals surface area contributed by atoms with E-state index in [1.54, 1.807) is 17.6 Å². The van der Waals surface area contributed by atoms with E-state index in [9.17, 15) is 8.42 Å². The highest BCUT2D eigenvalue weighted by atomic mass is 32.2. The highest BCUT2D eigenvalue weighted by Crippen LogP contribution is 2.22. The summed E-state index contributed by atoms with van der Waals surface area (Å²) >= 11 is 1.44. The number of hydrogen-bond acceptors (Lipinski definition) is 5. The molecule has 0 saturated carbocycles. The van der Waals surface area contributed by atoms with Gasteiger partial charge in [-0.25, -0.2) is 18.1 Å². The Morgan fingerprint density at radius 3 is 2.85 bits per heavy atom. The third-order valence-electron chi connectivity index (χ3n) is 2.67. The minimum absolute atomic E-state index is 0.204. The van der Waals surface area contributed by atoms with Crippen LogP contribution in [-0.4, -0.2) is 24.4 Å². The molecule has 0 aliphatic carbocycles. The topological polar surface area (TPSA) is 86.9 Å². The zero-order valence-electron chi connectivity index (χ0n) is 11.4. The lowest BCUT2D eigenvalue weighted by atomic mass is 10.4. The number of sulfonamides is 1. The van der Waals surface area contributed by atoms with Crippen molar-refractivity contribution in [1.29, 1.82) is 0 Å². The van der Waals surface area contributed by atoms with E-state index in [0.29, 0.717) is 17.5 Å². The number of hydrogen-bond donors (Lipinski definition) is 3. The van der Waals surface area contributed by atoms with Gasteiger partial charge < -0.3 is 10.3 Å². The summed E-state index contributed by atoms with van der Waals surface area (Å²) in [5.41, 5.74) is 0.727. The quantitative estimate of drug-likeness (QED) is 0.722. The van der Waals surface area contributed by atoms with Gasteiger partial charge >= 0.3 is 0 Å². The van der Waals surface area contributed by atoms with Crippen LogP contribution in [0.4, 0.5) is 0 Å². The van der Waals surface area contributed by atoms with Crippen molar-refractivity contribution in [2.45, 2.75) is 37.9 Å². The van der Waals surface area contributed by atoms with Crippen molar-refractivity contribution in [2.24, 2.45) is 0 Å². The van der Waals surface area contributed by atoms with E-state index in [2.05, 4.69) is 20.0 Å². The number of aromatic amines is 1. The summed E-state index contributed by atoms with van der Waals surface area (Å²) in [4.78, 5) is 7.87. The smallest absolute Gasteiger partial charge is 0.242 e. The van der Waals surface area contributed by atoms with E-state index in [-0.39, 0.29) is 6.54 Å². The van der Waals surface area contributed by atoms with Crippen molar-refractivity contribution in [3.63, 3.8) is 0 Å². The molecule has 0 amide bonds. The Labute approximate surface area is 122 Å². The first-order chi connectivity index (χ1) is 9.49. The van der Waals surface area contributed by atoms with Gasteiger partial charge in [-0.15, -0.1) is 11.3 Å². The molecule has 3 N–H and O–H groups in total. The number of nitrogens with zero attached hydrogens (tertiary/aromatic N) is 1. The molecule has 20 heavy (non-hydrogen) atoms. The van der Waals surface area contributed by atoms with Crippen LogP contribution in [0.15, 0.2) is 28.9 Å². The molecule has 2 rings (SSSR count). The van der Waals surface area contributed by atoms with E-state index < -0.39 is 10.0 Å². The lowest BCUT2D eigenvalue weighted by Crippen LogP contribution is -2.26. The van der Waals surface area contributed by atoms with Gasteiger partial charge in [0.25, 0.3) is 0 Å². The Bertz CT molecular complexity index is 632. The Morgan fingerprint density at radius 2 is 2.20 bits per heavy atom. The summed E-state index contributed by atoms with van der Waals surface area (Å²) in [6.07, 6.45) is 3.11. The van der Waals surface area contributed by atoms with Gasteiger partial charge in [-0.3, -0.25) is 0 Å². The Morgan fingerprint density at radius 1 is 1.40 bits per heavy atom. The van der Waals surface area contributed by atoms with Crippen molar-refractivity contribution < 1.29 is 8.42 Å². The highest BCUT2D eigenvalue weighted by molar-refractivity contribution is 7.89. The largest absolute Gasteiger partial charge is 0.347 e. The minimum Gasteiger partial charge on any atom is -0.347 e. The average molecular weight is 314 g/mol. The second-order valence-electron chi connectivity index (χ2n) is 4.65. The van der Waals surface area contributed by atoms with Crippen LogP contribution < -0.4 is 10.0 Å². The normalized spacial score (nSPS) is 12.2. The minimum atomic E-state index is -3.50.